The fourth-order valence-corrected chi connectivity index (χ4v) is 3.43. The molecular formula is C22H22FN3. The molecule has 0 aromatic heterocycles. The summed E-state index contributed by atoms with van der Waals surface area (Å²) >= 11 is 0. The number of hydrogen-bond donors (Lipinski definition) is 1. The van der Waals surface area contributed by atoms with Crippen molar-refractivity contribution in [3.63, 3.8) is 0 Å². The molecule has 3 aromatic rings. The van der Waals surface area contributed by atoms with Gasteiger partial charge in [-0.2, -0.15) is 0 Å². The maximum Gasteiger partial charge on any atom is 0.123 e. The maximum atomic E-state index is 13.2. The van der Waals surface area contributed by atoms with Crippen molar-refractivity contribution >= 4 is 22.3 Å². The minimum Gasteiger partial charge on any atom is -0.357 e. The summed E-state index contributed by atoms with van der Waals surface area (Å²) in [7, 11) is 0. The number of benzene rings is 3. The molecule has 0 aliphatic carbocycles. The van der Waals surface area contributed by atoms with Crippen LogP contribution in [0.4, 0.5) is 10.1 Å². The third kappa shape index (κ3) is 3.75. The first-order chi connectivity index (χ1) is 12.8. The third-order valence-electron chi connectivity index (χ3n) is 4.80. The van der Waals surface area contributed by atoms with Crippen LogP contribution in [0.25, 0.3) is 10.8 Å². The fourth-order valence-electron chi connectivity index (χ4n) is 3.43. The Morgan fingerprint density at radius 2 is 1.65 bits per heavy atom. The zero-order valence-electron chi connectivity index (χ0n) is 14.7. The van der Waals surface area contributed by atoms with Gasteiger partial charge in [0.1, 0.15) is 11.7 Å². The maximum absolute atomic E-state index is 13.2. The summed E-state index contributed by atoms with van der Waals surface area (Å²) in [6.07, 6.45) is 0.763. The molecule has 1 fully saturated rings. The minimum absolute atomic E-state index is 0.235. The molecular weight excluding hydrogens is 325 g/mol. The summed E-state index contributed by atoms with van der Waals surface area (Å²) in [5.41, 5.74) is 2.06. The molecule has 3 nitrogen and oxygen atoms in total. The highest BCUT2D eigenvalue weighted by Crippen LogP contribution is 2.21. The first-order valence-electron chi connectivity index (χ1n) is 9.05. The van der Waals surface area contributed by atoms with Crippen LogP contribution < -0.4 is 5.32 Å². The molecule has 0 spiro atoms. The van der Waals surface area contributed by atoms with Gasteiger partial charge in [-0.3, -0.25) is 0 Å². The summed E-state index contributed by atoms with van der Waals surface area (Å²) in [4.78, 5) is 7.21. The van der Waals surface area contributed by atoms with Crippen molar-refractivity contribution in [1.29, 1.82) is 0 Å². The van der Waals surface area contributed by atoms with Crippen LogP contribution in [-0.4, -0.2) is 36.9 Å². The lowest BCUT2D eigenvalue weighted by Gasteiger charge is -2.31. The summed E-state index contributed by atoms with van der Waals surface area (Å²) < 4.78 is 13.2. The van der Waals surface area contributed by atoms with Crippen molar-refractivity contribution < 1.29 is 4.39 Å². The Morgan fingerprint density at radius 1 is 0.923 bits per heavy atom. The molecule has 0 atom stereocenters. The lowest BCUT2D eigenvalue weighted by atomic mass is 10.0. The Labute approximate surface area is 153 Å². The average molecular weight is 347 g/mol. The predicted molar refractivity (Wildman–Crippen MR) is 106 cm³/mol. The van der Waals surface area contributed by atoms with Crippen LogP contribution in [0, 0.1) is 5.82 Å². The van der Waals surface area contributed by atoms with Crippen LogP contribution in [0.3, 0.4) is 0 Å². The van der Waals surface area contributed by atoms with E-state index >= 15 is 0 Å². The Morgan fingerprint density at radius 3 is 2.46 bits per heavy atom. The number of amidine groups is 1. The number of hydrogen-bond acceptors (Lipinski definition) is 2. The van der Waals surface area contributed by atoms with E-state index < -0.39 is 0 Å². The molecule has 0 unspecified atom stereocenters. The highest BCUT2D eigenvalue weighted by molar-refractivity contribution is 5.93. The molecule has 1 aliphatic rings. The smallest absolute Gasteiger partial charge is 0.123 e. The molecule has 3 aromatic carbocycles. The van der Waals surface area contributed by atoms with Gasteiger partial charge < -0.3 is 10.2 Å². The van der Waals surface area contributed by atoms with Crippen LogP contribution in [0.15, 0.2) is 71.7 Å². The van der Waals surface area contributed by atoms with E-state index in [1.165, 1.54) is 28.5 Å². The Bertz CT molecular complexity index is 907. The first kappa shape index (κ1) is 16.7. The van der Waals surface area contributed by atoms with Gasteiger partial charge in [0.2, 0.25) is 0 Å². The van der Waals surface area contributed by atoms with Crippen molar-refractivity contribution in [2.45, 2.75) is 6.42 Å². The summed E-state index contributed by atoms with van der Waals surface area (Å²) in [6.45, 7) is 3.78. The lowest BCUT2D eigenvalue weighted by Crippen LogP contribution is -2.47. The second kappa shape index (κ2) is 7.67. The van der Waals surface area contributed by atoms with Crippen LogP contribution in [-0.2, 0) is 6.42 Å². The normalized spacial score (nSPS) is 15.4. The van der Waals surface area contributed by atoms with E-state index in [1.807, 2.05) is 0 Å². The molecule has 4 rings (SSSR count). The van der Waals surface area contributed by atoms with Crippen LogP contribution >= 0.6 is 0 Å². The highest BCUT2D eigenvalue weighted by Gasteiger charge is 2.16. The molecule has 1 heterocycles. The van der Waals surface area contributed by atoms with Crippen molar-refractivity contribution in [3.05, 3.63) is 78.1 Å². The number of halogens is 1. The van der Waals surface area contributed by atoms with Crippen molar-refractivity contribution in [1.82, 2.24) is 10.2 Å². The van der Waals surface area contributed by atoms with Gasteiger partial charge in [-0.1, -0.05) is 42.5 Å². The Kier molecular flexibility index (Phi) is 4.93. The zero-order valence-corrected chi connectivity index (χ0v) is 14.7. The van der Waals surface area contributed by atoms with E-state index in [1.54, 1.807) is 12.1 Å². The number of fused-ring (bicyclic) bond motifs is 1. The van der Waals surface area contributed by atoms with Crippen molar-refractivity contribution in [2.75, 3.05) is 26.2 Å². The molecule has 0 amide bonds. The summed E-state index contributed by atoms with van der Waals surface area (Å²) in [6, 6.07) is 21.3. The number of nitrogens with zero attached hydrogens (tertiary/aromatic N) is 2. The summed E-state index contributed by atoms with van der Waals surface area (Å²) in [5.74, 6) is 0.802. The number of nitrogens with one attached hydrogen (secondary N) is 1. The summed E-state index contributed by atoms with van der Waals surface area (Å²) in [5, 5.41) is 5.89. The third-order valence-corrected chi connectivity index (χ3v) is 4.80. The number of rotatable bonds is 3. The van der Waals surface area contributed by atoms with Crippen LogP contribution in [0.5, 0.6) is 0 Å². The molecule has 1 aliphatic heterocycles. The largest absolute Gasteiger partial charge is 0.357 e. The van der Waals surface area contributed by atoms with Gasteiger partial charge in [0.15, 0.2) is 0 Å². The lowest BCUT2D eigenvalue weighted by molar-refractivity contribution is 0.353. The van der Waals surface area contributed by atoms with Gasteiger partial charge in [-0.15, -0.1) is 0 Å². The van der Waals surface area contributed by atoms with Crippen molar-refractivity contribution in [2.24, 2.45) is 4.99 Å². The van der Waals surface area contributed by atoms with E-state index in [0.717, 1.165) is 44.1 Å². The van der Waals surface area contributed by atoms with Crippen LogP contribution in [0.2, 0.25) is 0 Å². The quantitative estimate of drug-likeness (QED) is 0.569. The van der Waals surface area contributed by atoms with E-state index in [0.29, 0.717) is 0 Å². The highest BCUT2D eigenvalue weighted by atomic mass is 19.1. The number of piperazine rings is 1. The van der Waals surface area contributed by atoms with Gasteiger partial charge in [-0.05, 0) is 40.6 Å². The van der Waals surface area contributed by atoms with Crippen LogP contribution in [0.1, 0.15) is 5.56 Å². The molecule has 26 heavy (non-hydrogen) atoms. The Hall–Kier alpha value is -2.72. The van der Waals surface area contributed by atoms with Gasteiger partial charge in [0, 0.05) is 32.6 Å². The average Bonchev–Trinajstić information content (AvgIpc) is 2.70. The predicted octanol–water partition coefficient (Wildman–Crippen LogP) is 4.16. The molecule has 0 radical (unpaired) electrons. The SMILES string of the molecule is Fc1ccc(N=C(Cc2cccc3ccccc23)N2CCNCC2)cc1. The molecule has 4 heteroatoms. The monoisotopic (exact) mass is 347 g/mol. The van der Waals surface area contributed by atoms with Gasteiger partial charge >= 0.3 is 0 Å². The number of aliphatic imine (C=N–C) groups is 1. The minimum atomic E-state index is -0.235. The van der Waals surface area contributed by atoms with Gasteiger partial charge in [-0.25, -0.2) is 9.38 Å². The van der Waals surface area contributed by atoms with E-state index in [9.17, 15) is 4.39 Å². The van der Waals surface area contributed by atoms with Gasteiger partial charge in [0.25, 0.3) is 0 Å². The molecule has 1 saturated heterocycles. The van der Waals surface area contributed by atoms with Gasteiger partial charge in [0.05, 0.1) is 5.69 Å². The molecule has 1 N–H and O–H groups in total. The van der Waals surface area contributed by atoms with E-state index in [-0.39, 0.29) is 5.82 Å². The fraction of sp³-hybridized carbons (Fsp3) is 0.227. The standard InChI is InChI=1S/C22H22FN3/c23-19-8-10-20(11-9-19)25-22(26-14-12-24-13-15-26)16-18-6-3-5-17-4-1-2-7-21(17)18/h1-11,24H,12-16H2. The van der Waals surface area contributed by atoms with E-state index in [4.69, 9.17) is 4.99 Å². The molecule has 0 saturated carbocycles. The zero-order chi connectivity index (χ0) is 17.8. The van der Waals surface area contributed by atoms with E-state index in [2.05, 4.69) is 52.7 Å². The molecule has 0 bridgehead atoms. The molecule has 132 valence electrons. The second-order valence-electron chi connectivity index (χ2n) is 6.56. The Balaban J connectivity index is 1.71. The topological polar surface area (TPSA) is 27.6 Å². The second-order valence-corrected chi connectivity index (χ2v) is 6.56. The van der Waals surface area contributed by atoms with Crippen molar-refractivity contribution in [3.8, 4) is 0 Å². The first-order valence-corrected chi connectivity index (χ1v) is 9.05.